The van der Waals surface area contributed by atoms with Crippen LogP contribution >= 0.6 is 0 Å². The predicted octanol–water partition coefficient (Wildman–Crippen LogP) is 3.61. The predicted molar refractivity (Wildman–Crippen MR) is 70.7 cm³/mol. The van der Waals surface area contributed by atoms with Gasteiger partial charge in [-0.15, -0.1) is 0 Å². The molecule has 0 fully saturated rings. The Hall–Kier alpha value is -1.03. The van der Waals surface area contributed by atoms with Crippen molar-refractivity contribution in [2.45, 2.75) is 66.6 Å². The zero-order valence-electron chi connectivity index (χ0n) is 12.6. The minimum absolute atomic E-state index is 0.139. The van der Waals surface area contributed by atoms with Gasteiger partial charge in [0.05, 0.1) is 12.2 Å². The second-order valence-electron chi connectivity index (χ2n) is 6.47. The summed E-state index contributed by atoms with van der Waals surface area (Å²) < 4.78 is 4.90. The van der Waals surface area contributed by atoms with Gasteiger partial charge in [-0.3, -0.25) is 0 Å². The van der Waals surface area contributed by atoms with E-state index in [1.54, 1.807) is 13.8 Å². The van der Waals surface area contributed by atoms with Crippen LogP contribution in [0.1, 0.15) is 54.9 Å². The fourth-order valence-corrected chi connectivity index (χ4v) is 1.82. The summed E-state index contributed by atoms with van der Waals surface area (Å²) in [5.74, 6) is -0.442. The summed E-state index contributed by atoms with van der Waals surface area (Å²) in [6, 6.07) is 0. The van der Waals surface area contributed by atoms with E-state index in [0.29, 0.717) is 0 Å². The van der Waals surface area contributed by atoms with Crippen molar-refractivity contribution in [2.24, 2.45) is 5.41 Å². The molecule has 0 amide bonds. The highest BCUT2D eigenvalue weighted by atomic mass is 17.2. The lowest BCUT2D eigenvalue weighted by Gasteiger charge is -2.30. The lowest BCUT2D eigenvalue weighted by molar-refractivity contribution is -0.321. The summed E-state index contributed by atoms with van der Waals surface area (Å²) in [5.41, 5.74) is -0.266. The molecular weight excluding hydrogens is 232 g/mol. The van der Waals surface area contributed by atoms with Crippen LogP contribution in [0.15, 0.2) is 12.3 Å². The molecule has 0 bridgehead atoms. The minimum atomic E-state index is -0.442. The highest BCUT2D eigenvalue weighted by molar-refractivity contribution is 5.81. The van der Waals surface area contributed by atoms with E-state index < -0.39 is 11.6 Å². The average Bonchev–Trinajstić information content (AvgIpc) is 2.07. The Morgan fingerprint density at radius 1 is 1.17 bits per heavy atom. The molecule has 18 heavy (non-hydrogen) atoms. The molecule has 0 unspecified atom stereocenters. The molecule has 0 heterocycles. The van der Waals surface area contributed by atoms with Crippen LogP contribution in [-0.2, 0) is 19.3 Å². The Morgan fingerprint density at radius 3 is 2.17 bits per heavy atom. The van der Waals surface area contributed by atoms with Gasteiger partial charge in [0, 0.05) is 0 Å². The Balaban J connectivity index is 4.03. The molecule has 0 aliphatic heterocycles. The molecule has 0 N–H and O–H groups in total. The summed E-state index contributed by atoms with van der Waals surface area (Å²) in [5, 5.41) is 0. The quantitative estimate of drug-likeness (QED) is 0.240. The Labute approximate surface area is 110 Å². The standard InChI is InChI=1S/C14H26O4/c1-11(2)17-12(15)8-9-16-18-14(6,7)10-13(3,4)5/h8-9,11H,10H2,1-7H3. The molecule has 4 nitrogen and oxygen atoms in total. The van der Waals surface area contributed by atoms with Crippen molar-refractivity contribution in [3.8, 4) is 0 Å². The van der Waals surface area contributed by atoms with Crippen LogP contribution in [0.4, 0.5) is 0 Å². The van der Waals surface area contributed by atoms with Gasteiger partial charge in [0.1, 0.15) is 11.9 Å². The summed E-state index contributed by atoms with van der Waals surface area (Å²) in [6.07, 6.45) is 3.10. The monoisotopic (exact) mass is 258 g/mol. The maximum atomic E-state index is 11.2. The summed E-state index contributed by atoms with van der Waals surface area (Å²) in [4.78, 5) is 21.3. The third-order valence-electron chi connectivity index (χ3n) is 1.84. The SMILES string of the molecule is CC(C)OC(=O)C=COOC(C)(C)CC(C)(C)C. The second-order valence-corrected chi connectivity index (χ2v) is 6.47. The molecule has 0 saturated carbocycles. The highest BCUT2D eigenvalue weighted by Gasteiger charge is 2.27. The van der Waals surface area contributed by atoms with Crippen molar-refractivity contribution in [1.29, 1.82) is 0 Å². The smallest absolute Gasteiger partial charge is 0.334 e. The van der Waals surface area contributed by atoms with Crippen LogP contribution in [0, 0.1) is 5.41 Å². The van der Waals surface area contributed by atoms with Crippen LogP contribution in [0.2, 0.25) is 0 Å². The number of hydrogen-bond donors (Lipinski definition) is 0. The number of ether oxygens (including phenoxy) is 1. The second kappa shape index (κ2) is 6.78. The fourth-order valence-electron chi connectivity index (χ4n) is 1.82. The molecule has 0 aromatic rings. The molecule has 0 aliphatic rings. The first-order valence-electron chi connectivity index (χ1n) is 6.23. The zero-order valence-corrected chi connectivity index (χ0v) is 12.6. The van der Waals surface area contributed by atoms with Crippen LogP contribution < -0.4 is 0 Å². The van der Waals surface area contributed by atoms with Crippen molar-refractivity contribution in [1.82, 2.24) is 0 Å². The van der Waals surface area contributed by atoms with E-state index in [1.807, 2.05) is 13.8 Å². The van der Waals surface area contributed by atoms with Gasteiger partial charge in [-0.25, -0.2) is 4.79 Å². The van der Waals surface area contributed by atoms with Gasteiger partial charge in [0.15, 0.2) is 0 Å². The number of esters is 1. The van der Waals surface area contributed by atoms with Gasteiger partial charge in [-0.1, -0.05) is 20.8 Å². The normalized spacial score (nSPS) is 13.1. The fraction of sp³-hybridized carbons (Fsp3) is 0.786. The maximum absolute atomic E-state index is 11.2. The van der Waals surface area contributed by atoms with Gasteiger partial charge in [-0.2, -0.15) is 4.89 Å². The van der Waals surface area contributed by atoms with Crippen molar-refractivity contribution < 1.29 is 19.3 Å². The average molecular weight is 258 g/mol. The largest absolute Gasteiger partial charge is 0.460 e. The van der Waals surface area contributed by atoms with Crippen molar-refractivity contribution >= 4 is 5.97 Å². The van der Waals surface area contributed by atoms with E-state index in [1.165, 1.54) is 12.3 Å². The molecule has 0 spiro atoms. The minimum Gasteiger partial charge on any atom is -0.460 e. The third-order valence-corrected chi connectivity index (χ3v) is 1.84. The Bertz CT molecular complexity index is 285. The summed E-state index contributed by atoms with van der Waals surface area (Å²) >= 11 is 0. The third kappa shape index (κ3) is 10.1. The summed E-state index contributed by atoms with van der Waals surface area (Å²) in [7, 11) is 0. The maximum Gasteiger partial charge on any atom is 0.334 e. The number of carbonyl (C=O) groups excluding carboxylic acids is 1. The van der Waals surface area contributed by atoms with Crippen LogP contribution in [0.25, 0.3) is 0 Å². The first-order chi connectivity index (χ1) is 8.02. The molecule has 0 aliphatic carbocycles. The summed E-state index contributed by atoms with van der Waals surface area (Å²) in [6.45, 7) is 13.9. The molecule has 4 heteroatoms. The molecule has 0 aromatic heterocycles. The molecule has 106 valence electrons. The van der Waals surface area contributed by atoms with Gasteiger partial charge in [0.25, 0.3) is 0 Å². The first kappa shape index (κ1) is 17.0. The van der Waals surface area contributed by atoms with Crippen molar-refractivity contribution in [2.75, 3.05) is 0 Å². The Morgan fingerprint density at radius 2 is 1.72 bits per heavy atom. The van der Waals surface area contributed by atoms with Gasteiger partial charge in [-0.05, 0) is 39.5 Å². The molecule has 0 radical (unpaired) electrons. The number of carbonyl (C=O) groups is 1. The van der Waals surface area contributed by atoms with E-state index in [-0.39, 0.29) is 11.5 Å². The van der Waals surface area contributed by atoms with Gasteiger partial charge >= 0.3 is 5.97 Å². The van der Waals surface area contributed by atoms with Crippen LogP contribution in [0.3, 0.4) is 0 Å². The van der Waals surface area contributed by atoms with E-state index in [4.69, 9.17) is 14.5 Å². The van der Waals surface area contributed by atoms with E-state index in [2.05, 4.69) is 20.8 Å². The van der Waals surface area contributed by atoms with Gasteiger partial charge in [0.2, 0.25) is 0 Å². The first-order valence-corrected chi connectivity index (χ1v) is 6.23. The highest BCUT2D eigenvalue weighted by Crippen LogP contribution is 2.29. The van der Waals surface area contributed by atoms with Crippen molar-refractivity contribution in [3.05, 3.63) is 12.3 Å². The van der Waals surface area contributed by atoms with Crippen LogP contribution in [-0.4, -0.2) is 17.7 Å². The number of hydrogen-bond acceptors (Lipinski definition) is 4. The van der Waals surface area contributed by atoms with E-state index in [0.717, 1.165) is 6.42 Å². The van der Waals surface area contributed by atoms with E-state index >= 15 is 0 Å². The topological polar surface area (TPSA) is 44.8 Å². The van der Waals surface area contributed by atoms with Crippen molar-refractivity contribution in [3.63, 3.8) is 0 Å². The lowest BCUT2D eigenvalue weighted by Crippen LogP contribution is -2.29. The zero-order chi connectivity index (χ0) is 14.4. The molecule has 0 atom stereocenters. The van der Waals surface area contributed by atoms with E-state index in [9.17, 15) is 4.79 Å². The molecule has 0 rings (SSSR count). The van der Waals surface area contributed by atoms with Crippen LogP contribution in [0.5, 0.6) is 0 Å². The lowest BCUT2D eigenvalue weighted by atomic mass is 9.84. The Kier molecular flexibility index (Phi) is 6.39. The molecular formula is C14H26O4. The molecule has 0 saturated heterocycles. The molecule has 0 aromatic carbocycles. The number of rotatable bonds is 6. The van der Waals surface area contributed by atoms with Gasteiger partial charge < -0.3 is 9.62 Å².